The van der Waals surface area contributed by atoms with Crippen LogP contribution in [-0.2, 0) is 5.41 Å². The van der Waals surface area contributed by atoms with E-state index in [0.29, 0.717) is 6.54 Å². The highest BCUT2D eigenvalue weighted by atomic mass is 15.3. The van der Waals surface area contributed by atoms with Crippen LogP contribution in [-0.4, -0.2) is 16.3 Å². The van der Waals surface area contributed by atoms with Gasteiger partial charge in [-0.05, 0) is 42.1 Å². The first-order valence-electron chi connectivity index (χ1n) is 5.94. The largest absolute Gasteiger partial charge is 0.330 e. The van der Waals surface area contributed by atoms with Crippen LogP contribution in [0.4, 0.5) is 0 Å². The summed E-state index contributed by atoms with van der Waals surface area (Å²) in [5, 5.41) is 4.21. The van der Waals surface area contributed by atoms with E-state index in [2.05, 4.69) is 43.2 Å². The zero-order chi connectivity index (χ0) is 12.3. The van der Waals surface area contributed by atoms with Crippen molar-refractivity contribution in [2.24, 2.45) is 5.73 Å². The van der Waals surface area contributed by atoms with Gasteiger partial charge in [0.25, 0.3) is 0 Å². The molecule has 1 aromatic heterocycles. The lowest BCUT2D eigenvalue weighted by Crippen LogP contribution is -2.21. The maximum atomic E-state index is 5.64. The fourth-order valence-electron chi connectivity index (χ4n) is 1.99. The second-order valence-electron chi connectivity index (χ2n) is 4.92. The van der Waals surface area contributed by atoms with Crippen molar-refractivity contribution in [1.82, 2.24) is 9.78 Å². The van der Waals surface area contributed by atoms with Crippen LogP contribution in [0.5, 0.6) is 0 Å². The van der Waals surface area contributed by atoms with Crippen LogP contribution in [0.15, 0.2) is 42.7 Å². The highest BCUT2D eigenvalue weighted by molar-refractivity contribution is 5.36. The molecule has 1 heterocycles. The lowest BCUT2D eigenvalue weighted by molar-refractivity contribution is 0.487. The standard InChI is InChI=1S/C14H19N3/c1-14(2,8-9-15)12-4-6-13(7-5-12)17-11-3-10-16-17/h3-7,10-11H,8-9,15H2,1-2H3. The van der Waals surface area contributed by atoms with Gasteiger partial charge in [0.2, 0.25) is 0 Å². The molecule has 0 aliphatic rings. The van der Waals surface area contributed by atoms with Gasteiger partial charge in [0.05, 0.1) is 5.69 Å². The van der Waals surface area contributed by atoms with E-state index in [9.17, 15) is 0 Å². The monoisotopic (exact) mass is 229 g/mol. The summed E-state index contributed by atoms with van der Waals surface area (Å²) in [6.45, 7) is 5.17. The van der Waals surface area contributed by atoms with Crippen molar-refractivity contribution in [3.8, 4) is 5.69 Å². The number of aromatic nitrogens is 2. The molecule has 0 aliphatic heterocycles. The van der Waals surface area contributed by atoms with E-state index in [4.69, 9.17) is 5.73 Å². The van der Waals surface area contributed by atoms with E-state index < -0.39 is 0 Å². The smallest absolute Gasteiger partial charge is 0.0645 e. The molecule has 2 rings (SSSR count). The first-order valence-corrected chi connectivity index (χ1v) is 5.94. The summed E-state index contributed by atoms with van der Waals surface area (Å²) in [6, 6.07) is 10.4. The lowest BCUT2D eigenvalue weighted by atomic mass is 9.81. The molecule has 0 amide bonds. The molecule has 90 valence electrons. The molecule has 0 atom stereocenters. The average Bonchev–Trinajstić information content (AvgIpc) is 2.82. The van der Waals surface area contributed by atoms with Crippen molar-refractivity contribution in [3.05, 3.63) is 48.3 Å². The Hall–Kier alpha value is -1.61. The van der Waals surface area contributed by atoms with E-state index in [1.54, 1.807) is 6.20 Å². The molecule has 0 fully saturated rings. The van der Waals surface area contributed by atoms with Crippen molar-refractivity contribution < 1.29 is 0 Å². The quantitative estimate of drug-likeness (QED) is 0.875. The van der Waals surface area contributed by atoms with Gasteiger partial charge >= 0.3 is 0 Å². The van der Waals surface area contributed by atoms with Gasteiger partial charge in [-0.15, -0.1) is 0 Å². The first kappa shape index (κ1) is 11.9. The van der Waals surface area contributed by atoms with Gasteiger partial charge in [0.15, 0.2) is 0 Å². The second-order valence-corrected chi connectivity index (χ2v) is 4.92. The second kappa shape index (κ2) is 4.72. The molecule has 0 unspecified atom stereocenters. The molecule has 2 aromatic rings. The van der Waals surface area contributed by atoms with Crippen molar-refractivity contribution in [2.75, 3.05) is 6.54 Å². The number of rotatable bonds is 4. The van der Waals surface area contributed by atoms with Crippen molar-refractivity contribution in [1.29, 1.82) is 0 Å². The Kier molecular flexibility index (Phi) is 3.29. The van der Waals surface area contributed by atoms with Gasteiger partial charge in [-0.3, -0.25) is 0 Å². The summed E-state index contributed by atoms with van der Waals surface area (Å²) in [5.41, 5.74) is 8.19. The molecule has 0 radical (unpaired) electrons. The highest BCUT2D eigenvalue weighted by Gasteiger charge is 2.19. The van der Waals surface area contributed by atoms with Crippen molar-refractivity contribution in [3.63, 3.8) is 0 Å². The molecule has 1 aromatic carbocycles. The van der Waals surface area contributed by atoms with Gasteiger partial charge in [-0.1, -0.05) is 26.0 Å². The molecule has 0 spiro atoms. The van der Waals surface area contributed by atoms with Crippen LogP contribution in [0.25, 0.3) is 5.69 Å². The van der Waals surface area contributed by atoms with Crippen LogP contribution >= 0.6 is 0 Å². The summed E-state index contributed by atoms with van der Waals surface area (Å²) in [6.07, 6.45) is 4.72. The van der Waals surface area contributed by atoms with Gasteiger partial charge in [-0.25, -0.2) is 4.68 Å². The predicted octanol–water partition coefficient (Wildman–Crippen LogP) is 2.50. The van der Waals surface area contributed by atoms with Crippen LogP contribution in [0.3, 0.4) is 0 Å². The Morgan fingerprint density at radius 1 is 1.24 bits per heavy atom. The number of benzene rings is 1. The number of nitrogens with zero attached hydrogens (tertiary/aromatic N) is 2. The van der Waals surface area contributed by atoms with Gasteiger partial charge in [-0.2, -0.15) is 5.10 Å². The van der Waals surface area contributed by atoms with E-state index >= 15 is 0 Å². The molecule has 0 saturated heterocycles. The Balaban J connectivity index is 2.24. The van der Waals surface area contributed by atoms with Crippen LogP contribution < -0.4 is 5.73 Å². The minimum Gasteiger partial charge on any atom is -0.330 e. The minimum atomic E-state index is 0.136. The fourth-order valence-corrected chi connectivity index (χ4v) is 1.99. The van der Waals surface area contributed by atoms with Crippen molar-refractivity contribution >= 4 is 0 Å². The van der Waals surface area contributed by atoms with E-state index in [1.807, 2.05) is 16.9 Å². The number of hydrogen-bond acceptors (Lipinski definition) is 2. The zero-order valence-electron chi connectivity index (χ0n) is 10.4. The normalized spacial score (nSPS) is 11.7. The molecule has 0 bridgehead atoms. The number of nitrogens with two attached hydrogens (primary N) is 1. The predicted molar refractivity (Wildman–Crippen MR) is 70.3 cm³/mol. The van der Waals surface area contributed by atoms with Crippen LogP contribution in [0.2, 0.25) is 0 Å². The van der Waals surface area contributed by atoms with Crippen LogP contribution in [0.1, 0.15) is 25.8 Å². The molecule has 17 heavy (non-hydrogen) atoms. The first-order chi connectivity index (χ1) is 8.13. The van der Waals surface area contributed by atoms with E-state index in [1.165, 1.54) is 5.56 Å². The molecule has 0 aliphatic carbocycles. The summed E-state index contributed by atoms with van der Waals surface area (Å²) < 4.78 is 1.86. The third kappa shape index (κ3) is 2.56. The fraction of sp³-hybridized carbons (Fsp3) is 0.357. The molecule has 3 nitrogen and oxygen atoms in total. The third-order valence-corrected chi connectivity index (χ3v) is 3.19. The van der Waals surface area contributed by atoms with Crippen LogP contribution in [0, 0.1) is 0 Å². The van der Waals surface area contributed by atoms with E-state index in [-0.39, 0.29) is 5.41 Å². The Morgan fingerprint density at radius 3 is 2.47 bits per heavy atom. The minimum absolute atomic E-state index is 0.136. The lowest BCUT2D eigenvalue weighted by Gasteiger charge is -2.24. The highest BCUT2D eigenvalue weighted by Crippen LogP contribution is 2.26. The summed E-state index contributed by atoms with van der Waals surface area (Å²) in [5.74, 6) is 0. The molecule has 3 heteroatoms. The molecule has 2 N–H and O–H groups in total. The Bertz CT molecular complexity index is 455. The molecule has 0 saturated carbocycles. The van der Waals surface area contributed by atoms with E-state index in [0.717, 1.165) is 12.1 Å². The van der Waals surface area contributed by atoms with Crippen molar-refractivity contribution in [2.45, 2.75) is 25.7 Å². The average molecular weight is 229 g/mol. The summed E-state index contributed by atoms with van der Waals surface area (Å²) in [4.78, 5) is 0. The zero-order valence-corrected chi connectivity index (χ0v) is 10.4. The SMILES string of the molecule is CC(C)(CCN)c1ccc(-n2cccn2)cc1. The molecular formula is C14H19N3. The van der Waals surface area contributed by atoms with Gasteiger partial charge in [0.1, 0.15) is 0 Å². The maximum absolute atomic E-state index is 5.64. The third-order valence-electron chi connectivity index (χ3n) is 3.19. The summed E-state index contributed by atoms with van der Waals surface area (Å²) in [7, 11) is 0. The van der Waals surface area contributed by atoms with Gasteiger partial charge in [0, 0.05) is 12.4 Å². The van der Waals surface area contributed by atoms with Gasteiger partial charge < -0.3 is 5.73 Å². The maximum Gasteiger partial charge on any atom is 0.0645 e. The summed E-state index contributed by atoms with van der Waals surface area (Å²) >= 11 is 0. The Labute approximate surface area is 102 Å². The Morgan fingerprint density at radius 2 is 1.94 bits per heavy atom. The molecular weight excluding hydrogens is 210 g/mol. The topological polar surface area (TPSA) is 43.8 Å². The number of hydrogen-bond donors (Lipinski definition) is 1.